The van der Waals surface area contributed by atoms with Crippen LogP contribution in [0.2, 0.25) is 5.04 Å². The Morgan fingerprint density at radius 3 is 1.90 bits per heavy atom. The molecule has 156 valence electrons. The fraction of sp³-hybridized carbons (Fsp3) is 0.261. The van der Waals surface area contributed by atoms with Crippen LogP contribution in [0.25, 0.3) is 0 Å². The van der Waals surface area contributed by atoms with Crippen molar-refractivity contribution in [2.45, 2.75) is 25.8 Å². The number of pyridine rings is 1. The molecule has 0 bridgehead atoms. The van der Waals surface area contributed by atoms with E-state index in [-0.39, 0.29) is 10.9 Å². The molecule has 1 aromatic heterocycles. The highest BCUT2D eigenvalue weighted by Gasteiger charge is 2.50. The van der Waals surface area contributed by atoms with Gasteiger partial charge in [-0.3, -0.25) is 0 Å². The molecule has 7 heteroatoms. The summed E-state index contributed by atoms with van der Waals surface area (Å²) in [5, 5.41) is 13.0. The normalized spacial score (nSPS) is 11.8. The van der Waals surface area contributed by atoms with Crippen molar-refractivity contribution in [2.24, 2.45) is 0 Å². The molecule has 0 aliphatic rings. The molecule has 0 saturated carbocycles. The third-order valence-electron chi connectivity index (χ3n) is 5.00. The molecule has 0 saturated heterocycles. The summed E-state index contributed by atoms with van der Waals surface area (Å²) in [5.41, 5.74) is 0. The quantitative estimate of drug-likeness (QED) is 0.238. The number of rotatable bonds is 8. The molecule has 6 nitrogen and oxygen atoms in total. The first kappa shape index (κ1) is 21.7. The molecule has 0 radical (unpaired) electrons. The highest BCUT2D eigenvalue weighted by Crippen LogP contribution is 2.36. The summed E-state index contributed by atoms with van der Waals surface area (Å²) in [6, 6.07) is 23.7. The molecule has 30 heavy (non-hydrogen) atoms. The summed E-state index contributed by atoms with van der Waals surface area (Å²) >= 11 is 0. The van der Waals surface area contributed by atoms with Crippen LogP contribution in [0, 0.1) is 10.1 Å². The number of aromatic nitrogens is 1. The van der Waals surface area contributed by atoms with Crippen LogP contribution >= 0.6 is 0 Å². The minimum atomic E-state index is -2.60. The van der Waals surface area contributed by atoms with Gasteiger partial charge in [-0.2, -0.15) is 0 Å². The molecule has 3 aromatic rings. The summed E-state index contributed by atoms with van der Waals surface area (Å²) in [7, 11) is -2.60. The zero-order valence-corrected chi connectivity index (χ0v) is 18.4. The van der Waals surface area contributed by atoms with Crippen LogP contribution < -0.4 is 15.1 Å². The van der Waals surface area contributed by atoms with Gasteiger partial charge in [0.15, 0.2) is 11.9 Å². The molecular formula is C23H26N2O4Si. The van der Waals surface area contributed by atoms with Crippen LogP contribution in [0.3, 0.4) is 0 Å². The third kappa shape index (κ3) is 4.58. The number of ether oxygens (including phenoxy) is 1. The smallest absolute Gasteiger partial charge is 0.363 e. The maximum Gasteiger partial charge on any atom is 0.363 e. The van der Waals surface area contributed by atoms with E-state index >= 15 is 0 Å². The molecule has 0 N–H and O–H groups in total. The Bertz CT molecular complexity index is 919. The van der Waals surface area contributed by atoms with Crippen molar-refractivity contribution in [1.82, 2.24) is 4.98 Å². The maximum atomic E-state index is 10.7. The molecule has 0 fully saturated rings. The van der Waals surface area contributed by atoms with E-state index in [1.807, 2.05) is 36.4 Å². The van der Waals surface area contributed by atoms with Crippen molar-refractivity contribution < 1.29 is 14.1 Å². The van der Waals surface area contributed by atoms with Crippen LogP contribution in [-0.2, 0) is 4.43 Å². The van der Waals surface area contributed by atoms with Gasteiger partial charge in [-0.25, -0.2) is 0 Å². The van der Waals surface area contributed by atoms with Gasteiger partial charge in [-0.15, -0.1) is 0 Å². The third-order valence-corrected chi connectivity index (χ3v) is 10.0. The molecule has 3 rings (SSSR count). The first-order valence-corrected chi connectivity index (χ1v) is 11.7. The van der Waals surface area contributed by atoms with Gasteiger partial charge < -0.3 is 19.3 Å². The van der Waals surface area contributed by atoms with Gasteiger partial charge in [0.2, 0.25) is 0 Å². The second-order valence-corrected chi connectivity index (χ2v) is 12.3. The van der Waals surface area contributed by atoms with Crippen molar-refractivity contribution >= 4 is 24.5 Å². The Labute approximate surface area is 177 Å². The second-order valence-electron chi connectivity index (χ2n) is 7.97. The van der Waals surface area contributed by atoms with Crippen LogP contribution in [0.15, 0.2) is 79.0 Å². The fourth-order valence-corrected chi connectivity index (χ4v) is 8.23. The Balaban J connectivity index is 1.82. The number of benzene rings is 2. The lowest BCUT2D eigenvalue weighted by atomic mass is 10.2. The molecule has 0 aliphatic heterocycles. The summed E-state index contributed by atoms with van der Waals surface area (Å²) < 4.78 is 12.5. The van der Waals surface area contributed by atoms with Crippen LogP contribution in [0.5, 0.6) is 5.75 Å². The maximum absolute atomic E-state index is 10.7. The predicted octanol–water partition coefficient (Wildman–Crippen LogP) is 3.95. The first-order valence-electron chi connectivity index (χ1n) is 9.83. The number of nitrogens with zero attached hydrogens (tertiary/aromatic N) is 2. The Kier molecular flexibility index (Phi) is 6.64. The van der Waals surface area contributed by atoms with Gasteiger partial charge in [0.05, 0.1) is 6.61 Å². The highest BCUT2D eigenvalue weighted by molar-refractivity contribution is 6.99. The molecule has 0 amide bonds. The van der Waals surface area contributed by atoms with Gasteiger partial charge in [0, 0.05) is 6.07 Å². The van der Waals surface area contributed by atoms with E-state index in [4.69, 9.17) is 9.16 Å². The van der Waals surface area contributed by atoms with Gasteiger partial charge in [-0.05, 0) is 31.4 Å². The summed E-state index contributed by atoms with van der Waals surface area (Å²) in [6.45, 7) is 7.38. The molecule has 0 unspecified atom stereocenters. The average molecular weight is 423 g/mol. The Hall–Kier alpha value is -3.03. The zero-order chi connectivity index (χ0) is 21.6. The summed E-state index contributed by atoms with van der Waals surface area (Å²) in [6.07, 6.45) is 1.36. The van der Waals surface area contributed by atoms with E-state index in [0.717, 1.165) is 0 Å². The number of nitro groups is 1. The van der Waals surface area contributed by atoms with E-state index in [2.05, 4.69) is 50.0 Å². The van der Waals surface area contributed by atoms with E-state index in [1.165, 1.54) is 22.6 Å². The minimum absolute atomic E-state index is 0.107. The van der Waals surface area contributed by atoms with Crippen molar-refractivity contribution in [1.29, 1.82) is 0 Å². The monoisotopic (exact) mass is 422 g/mol. The predicted molar refractivity (Wildman–Crippen MR) is 120 cm³/mol. The van der Waals surface area contributed by atoms with Crippen LogP contribution in [0.1, 0.15) is 20.8 Å². The Morgan fingerprint density at radius 2 is 1.47 bits per heavy atom. The molecule has 0 atom stereocenters. The lowest BCUT2D eigenvalue weighted by molar-refractivity contribution is -0.389. The largest absolute Gasteiger partial charge is 0.487 e. The fourth-order valence-electron chi connectivity index (χ4n) is 3.68. The van der Waals surface area contributed by atoms with E-state index in [0.29, 0.717) is 19.0 Å². The molecule has 1 heterocycles. The lowest BCUT2D eigenvalue weighted by Gasteiger charge is -2.43. The van der Waals surface area contributed by atoms with E-state index in [1.54, 1.807) is 6.07 Å². The zero-order valence-electron chi connectivity index (χ0n) is 17.4. The van der Waals surface area contributed by atoms with Crippen molar-refractivity contribution in [2.75, 3.05) is 13.2 Å². The molecule has 0 spiro atoms. The SMILES string of the molecule is CC(C)(C)[Si](OCCOc1ccc([N+](=O)[O-])nc1)(c1ccccc1)c1ccccc1. The van der Waals surface area contributed by atoms with Crippen LogP contribution in [-0.4, -0.2) is 31.4 Å². The Morgan fingerprint density at radius 1 is 0.900 bits per heavy atom. The van der Waals surface area contributed by atoms with Crippen LogP contribution in [0.4, 0.5) is 5.82 Å². The molecule has 0 aliphatic carbocycles. The van der Waals surface area contributed by atoms with Gasteiger partial charge in [0.25, 0.3) is 8.32 Å². The topological polar surface area (TPSA) is 74.5 Å². The first-order chi connectivity index (χ1) is 14.3. The van der Waals surface area contributed by atoms with E-state index < -0.39 is 13.2 Å². The standard InChI is InChI=1S/C23H26N2O4Si/c1-23(2,3)30(20-10-6-4-7-11-20,21-12-8-5-9-13-21)29-17-16-28-19-14-15-22(24-18-19)25(26)27/h4-15,18H,16-17H2,1-3H3. The van der Waals surface area contributed by atoms with E-state index in [9.17, 15) is 10.1 Å². The second kappa shape index (κ2) is 9.19. The number of hydrogen-bond donors (Lipinski definition) is 0. The minimum Gasteiger partial charge on any atom is -0.487 e. The van der Waals surface area contributed by atoms with Gasteiger partial charge >= 0.3 is 5.82 Å². The average Bonchev–Trinajstić information content (AvgIpc) is 2.74. The highest BCUT2D eigenvalue weighted by atomic mass is 28.4. The molecule has 2 aromatic carbocycles. The number of hydrogen-bond acceptors (Lipinski definition) is 5. The van der Waals surface area contributed by atoms with Gasteiger partial charge in [-0.1, -0.05) is 81.4 Å². The molecular weight excluding hydrogens is 396 g/mol. The van der Waals surface area contributed by atoms with Crippen molar-refractivity contribution in [3.8, 4) is 5.75 Å². The summed E-state index contributed by atoms with van der Waals surface area (Å²) in [5.74, 6) is 0.276. The van der Waals surface area contributed by atoms with Gasteiger partial charge in [0.1, 0.15) is 6.61 Å². The van der Waals surface area contributed by atoms with Crippen molar-refractivity contribution in [3.63, 3.8) is 0 Å². The summed E-state index contributed by atoms with van der Waals surface area (Å²) in [4.78, 5) is 14.0. The van der Waals surface area contributed by atoms with Crippen molar-refractivity contribution in [3.05, 3.63) is 89.1 Å². The lowest BCUT2D eigenvalue weighted by Crippen LogP contribution is -2.66.